The van der Waals surface area contributed by atoms with Gasteiger partial charge in [0.2, 0.25) is 5.91 Å². The normalized spacial score (nSPS) is 20.0. The van der Waals surface area contributed by atoms with E-state index < -0.39 is 5.91 Å². The van der Waals surface area contributed by atoms with Crippen molar-refractivity contribution in [1.82, 2.24) is 19.9 Å². The number of rotatable bonds is 5. The molecule has 0 radical (unpaired) electrons. The first kappa shape index (κ1) is 20.1. The Morgan fingerprint density at radius 1 is 1.09 bits per heavy atom. The summed E-state index contributed by atoms with van der Waals surface area (Å²) >= 11 is 1.53. The van der Waals surface area contributed by atoms with E-state index in [2.05, 4.69) is 33.2 Å². The zero-order valence-corrected chi connectivity index (χ0v) is 18.9. The highest BCUT2D eigenvalue weighted by Crippen LogP contribution is 2.34. The van der Waals surface area contributed by atoms with E-state index in [4.69, 9.17) is 15.7 Å². The van der Waals surface area contributed by atoms with Crippen molar-refractivity contribution >= 4 is 44.9 Å². The fourth-order valence-electron chi connectivity index (χ4n) is 4.76. The highest BCUT2D eigenvalue weighted by Gasteiger charge is 2.41. The molecule has 0 saturated carbocycles. The van der Waals surface area contributed by atoms with E-state index >= 15 is 0 Å². The molecule has 2 bridgehead atoms. The number of benzene rings is 1. The fraction of sp³-hybridized carbons (Fsp3) is 0.250. The maximum Gasteiger partial charge on any atom is 0.248 e. The van der Waals surface area contributed by atoms with Gasteiger partial charge < -0.3 is 16.0 Å². The summed E-state index contributed by atoms with van der Waals surface area (Å²) in [5.74, 6) is 2.01. The number of likely N-dealkylation sites (N-methyl/N-ethyl adjacent to an activating group) is 1. The molecule has 6 rings (SSSR count). The molecule has 2 fully saturated rings. The van der Waals surface area contributed by atoms with Gasteiger partial charge in [-0.25, -0.2) is 15.0 Å². The molecular weight excluding hydrogens is 434 g/mol. The standard InChI is InChI=1S/C24H23N7OS/c1-30-12-17-9-16(30)13-31(17)22-7-3-6-20(29-22)28-21-10-18-19(11-26-21)33-24(27-18)15-5-2-4-14(8-15)23(25)32/h2-8,10-11,16-17H,9,12-13H2,1H3,(H2,25,32)(H,26,28,29)/t16-,17-/m0/s1. The third-order valence-corrected chi connectivity index (χ3v) is 7.52. The predicted molar refractivity (Wildman–Crippen MR) is 131 cm³/mol. The predicted octanol–water partition coefficient (Wildman–Crippen LogP) is 3.49. The third kappa shape index (κ3) is 3.69. The summed E-state index contributed by atoms with van der Waals surface area (Å²) in [5.41, 5.74) is 7.59. The third-order valence-electron chi connectivity index (χ3n) is 6.47. The molecule has 0 spiro atoms. The number of anilines is 3. The number of likely N-dealkylation sites (tertiary alicyclic amines) is 1. The maximum atomic E-state index is 11.5. The van der Waals surface area contributed by atoms with Crippen molar-refractivity contribution in [2.24, 2.45) is 5.73 Å². The first-order valence-corrected chi connectivity index (χ1v) is 11.7. The van der Waals surface area contributed by atoms with Gasteiger partial charge in [0.25, 0.3) is 0 Å². The summed E-state index contributed by atoms with van der Waals surface area (Å²) in [5, 5.41) is 4.15. The van der Waals surface area contributed by atoms with E-state index in [9.17, 15) is 4.79 Å². The Morgan fingerprint density at radius 2 is 1.97 bits per heavy atom. The quantitative estimate of drug-likeness (QED) is 0.473. The highest BCUT2D eigenvalue weighted by atomic mass is 32.1. The summed E-state index contributed by atoms with van der Waals surface area (Å²) in [4.78, 5) is 30.5. The smallest absolute Gasteiger partial charge is 0.248 e. The van der Waals surface area contributed by atoms with Gasteiger partial charge in [-0.1, -0.05) is 18.2 Å². The molecule has 2 aliphatic heterocycles. The lowest BCUT2D eigenvalue weighted by Gasteiger charge is -2.32. The van der Waals surface area contributed by atoms with Crippen molar-refractivity contribution in [2.45, 2.75) is 18.5 Å². The van der Waals surface area contributed by atoms with Gasteiger partial charge in [0.1, 0.15) is 22.5 Å². The van der Waals surface area contributed by atoms with E-state index in [1.54, 1.807) is 12.1 Å². The van der Waals surface area contributed by atoms with E-state index in [1.165, 1.54) is 17.8 Å². The van der Waals surface area contributed by atoms with Crippen molar-refractivity contribution in [3.8, 4) is 10.6 Å². The minimum atomic E-state index is -0.449. The maximum absolute atomic E-state index is 11.5. The molecule has 8 nitrogen and oxygen atoms in total. The molecule has 33 heavy (non-hydrogen) atoms. The number of piperazine rings is 1. The van der Waals surface area contributed by atoms with Crippen molar-refractivity contribution in [1.29, 1.82) is 0 Å². The number of pyridine rings is 2. The number of nitrogens with zero attached hydrogens (tertiary/aromatic N) is 5. The molecule has 1 aromatic carbocycles. The minimum absolute atomic E-state index is 0.449. The summed E-state index contributed by atoms with van der Waals surface area (Å²) in [6, 6.07) is 16.4. The second-order valence-corrected chi connectivity index (χ2v) is 9.67. The lowest BCUT2D eigenvalue weighted by molar-refractivity contribution is 0.100. The first-order valence-electron chi connectivity index (χ1n) is 10.9. The number of carbonyl (C=O) groups is 1. The molecule has 3 N–H and O–H groups in total. The van der Waals surface area contributed by atoms with Crippen LogP contribution in [0.15, 0.2) is 54.7 Å². The first-order chi connectivity index (χ1) is 16.0. The Kier molecular flexibility index (Phi) is 4.74. The van der Waals surface area contributed by atoms with Crippen LogP contribution in [-0.4, -0.2) is 58.0 Å². The van der Waals surface area contributed by atoms with Gasteiger partial charge in [-0.3, -0.25) is 9.69 Å². The largest absolute Gasteiger partial charge is 0.366 e. The summed E-state index contributed by atoms with van der Waals surface area (Å²) < 4.78 is 0.971. The van der Waals surface area contributed by atoms with Crippen LogP contribution >= 0.6 is 11.3 Å². The van der Waals surface area contributed by atoms with Crippen LogP contribution in [0.4, 0.5) is 17.5 Å². The number of hydrogen-bond acceptors (Lipinski definition) is 8. The number of fused-ring (bicyclic) bond motifs is 3. The molecule has 2 atom stereocenters. The Bertz CT molecular complexity index is 1370. The van der Waals surface area contributed by atoms with Crippen molar-refractivity contribution in [3.63, 3.8) is 0 Å². The Balaban J connectivity index is 1.24. The number of hydrogen-bond donors (Lipinski definition) is 2. The molecule has 0 unspecified atom stereocenters. The lowest BCUT2D eigenvalue weighted by Crippen LogP contribution is -2.44. The van der Waals surface area contributed by atoms with E-state index in [0.717, 1.165) is 45.5 Å². The van der Waals surface area contributed by atoms with Crippen LogP contribution in [-0.2, 0) is 0 Å². The number of nitrogens with one attached hydrogen (secondary N) is 1. The average molecular weight is 458 g/mol. The summed E-state index contributed by atoms with van der Waals surface area (Å²) in [6.07, 6.45) is 3.03. The van der Waals surface area contributed by atoms with Gasteiger partial charge in [-0.05, 0) is 37.7 Å². The van der Waals surface area contributed by atoms with Crippen LogP contribution in [0, 0.1) is 0 Å². The lowest BCUT2D eigenvalue weighted by atomic mass is 10.1. The topological polar surface area (TPSA) is 100 Å². The van der Waals surface area contributed by atoms with Gasteiger partial charge in [-0.2, -0.15) is 0 Å². The zero-order valence-electron chi connectivity index (χ0n) is 18.1. The zero-order chi connectivity index (χ0) is 22.5. The number of nitrogens with two attached hydrogens (primary N) is 1. The Morgan fingerprint density at radius 3 is 2.76 bits per heavy atom. The van der Waals surface area contributed by atoms with Gasteiger partial charge in [0.05, 0.1) is 10.2 Å². The molecule has 166 valence electrons. The highest BCUT2D eigenvalue weighted by molar-refractivity contribution is 7.21. The van der Waals surface area contributed by atoms with Gasteiger partial charge in [0, 0.05) is 48.6 Å². The molecular formula is C24H23N7OS. The average Bonchev–Trinajstić information content (AvgIpc) is 3.52. The van der Waals surface area contributed by atoms with Crippen LogP contribution < -0.4 is 16.0 Å². The van der Waals surface area contributed by atoms with Gasteiger partial charge in [-0.15, -0.1) is 11.3 Å². The molecule has 4 aromatic rings. The molecule has 3 aromatic heterocycles. The summed E-state index contributed by atoms with van der Waals surface area (Å²) in [6.45, 7) is 2.12. The van der Waals surface area contributed by atoms with E-state index in [1.807, 2.05) is 36.5 Å². The van der Waals surface area contributed by atoms with Gasteiger partial charge in [0.15, 0.2) is 0 Å². The van der Waals surface area contributed by atoms with Crippen molar-refractivity contribution in [2.75, 3.05) is 30.4 Å². The second-order valence-electron chi connectivity index (χ2n) is 8.64. The number of thiazole rings is 1. The molecule has 1 amide bonds. The molecule has 5 heterocycles. The number of carbonyl (C=O) groups excluding carboxylic acids is 1. The van der Waals surface area contributed by atoms with Crippen molar-refractivity contribution in [3.05, 3.63) is 60.3 Å². The molecule has 2 saturated heterocycles. The van der Waals surface area contributed by atoms with Crippen molar-refractivity contribution < 1.29 is 4.79 Å². The van der Waals surface area contributed by atoms with Crippen LogP contribution in [0.3, 0.4) is 0 Å². The number of primary amides is 1. The van der Waals surface area contributed by atoms with Crippen LogP contribution in [0.1, 0.15) is 16.8 Å². The molecule has 0 aliphatic carbocycles. The number of aromatic nitrogens is 3. The molecule has 2 aliphatic rings. The Hall–Kier alpha value is -3.56. The Labute approximate surface area is 195 Å². The SMILES string of the molecule is CN1C[C@@H]2C[C@H]1CN2c1cccc(Nc2cc3nc(-c4cccc(C(N)=O)c4)sc3cn2)n1. The van der Waals surface area contributed by atoms with Crippen LogP contribution in [0.2, 0.25) is 0 Å². The monoisotopic (exact) mass is 457 g/mol. The fourth-order valence-corrected chi connectivity index (χ4v) is 5.67. The summed E-state index contributed by atoms with van der Waals surface area (Å²) in [7, 11) is 2.20. The minimum Gasteiger partial charge on any atom is -0.366 e. The van der Waals surface area contributed by atoms with Gasteiger partial charge >= 0.3 is 0 Å². The number of amides is 1. The molecule has 9 heteroatoms. The van der Waals surface area contributed by atoms with E-state index in [-0.39, 0.29) is 0 Å². The van der Waals surface area contributed by atoms with Crippen LogP contribution in [0.25, 0.3) is 20.8 Å². The van der Waals surface area contributed by atoms with E-state index in [0.29, 0.717) is 23.5 Å². The second kappa shape index (κ2) is 7.79. The van der Waals surface area contributed by atoms with Crippen LogP contribution in [0.5, 0.6) is 0 Å².